The zero-order valence-corrected chi connectivity index (χ0v) is 9.77. The monoisotopic (exact) mass is 235 g/mol. The lowest BCUT2D eigenvalue weighted by Crippen LogP contribution is -2.06. The van der Waals surface area contributed by atoms with Gasteiger partial charge >= 0.3 is 0 Å². The van der Waals surface area contributed by atoms with E-state index in [1.807, 2.05) is 6.92 Å². The second-order valence-electron chi connectivity index (χ2n) is 3.84. The topological polar surface area (TPSA) is 53.1 Å². The maximum atomic E-state index is 13.5. The van der Waals surface area contributed by atoms with Gasteiger partial charge in [0.25, 0.3) is 0 Å². The SMILES string of the molecule is COc1ccc(Cn2nc(C)cc2N)cc1F. The Labute approximate surface area is 98.8 Å². The smallest absolute Gasteiger partial charge is 0.165 e. The fourth-order valence-electron chi connectivity index (χ4n) is 1.67. The van der Waals surface area contributed by atoms with E-state index >= 15 is 0 Å². The van der Waals surface area contributed by atoms with Gasteiger partial charge in [-0.2, -0.15) is 5.10 Å². The van der Waals surface area contributed by atoms with Crippen molar-refractivity contribution in [2.24, 2.45) is 0 Å². The summed E-state index contributed by atoms with van der Waals surface area (Å²) in [6, 6.07) is 6.59. The maximum Gasteiger partial charge on any atom is 0.165 e. The third-order valence-corrected chi connectivity index (χ3v) is 2.48. The highest BCUT2D eigenvalue weighted by atomic mass is 19.1. The summed E-state index contributed by atoms with van der Waals surface area (Å²) in [5.74, 6) is 0.421. The highest BCUT2D eigenvalue weighted by Crippen LogP contribution is 2.19. The largest absolute Gasteiger partial charge is 0.494 e. The van der Waals surface area contributed by atoms with Gasteiger partial charge in [0.15, 0.2) is 11.6 Å². The summed E-state index contributed by atoms with van der Waals surface area (Å²) < 4.78 is 20.0. The first-order valence-electron chi connectivity index (χ1n) is 5.22. The number of aryl methyl sites for hydroxylation is 1. The molecular weight excluding hydrogens is 221 g/mol. The number of hydrogen-bond acceptors (Lipinski definition) is 3. The summed E-state index contributed by atoms with van der Waals surface area (Å²) in [7, 11) is 1.44. The van der Waals surface area contributed by atoms with Crippen molar-refractivity contribution in [1.82, 2.24) is 9.78 Å². The third-order valence-electron chi connectivity index (χ3n) is 2.48. The van der Waals surface area contributed by atoms with Crippen LogP contribution in [-0.4, -0.2) is 16.9 Å². The number of nitrogens with zero attached hydrogens (tertiary/aromatic N) is 2. The predicted molar refractivity (Wildman–Crippen MR) is 63.4 cm³/mol. The van der Waals surface area contributed by atoms with Crippen LogP contribution >= 0.6 is 0 Å². The minimum atomic E-state index is -0.382. The highest BCUT2D eigenvalue weighted by Gasteiger charge is 2.06. The molecule has 0 aliphatic rings. The minimum absolute atomic E-state index is 0.235. The van der Waals surface area contributed by atoms with Gasteiger partial charge in [0.05, 0.1) is 19.3 Å². The number of rotatable bonds is 3. The first kappa shape index (κ1) is 11.4. The summed E-state index contributed by atoms with van der Waals surface area (Å²) in [6.07, 6.45) is 0. The molecule has 17 heavy (non-hydrogen) atoms. The van der Waals surface area contributed by atoms with Crippen molar-refractivity contribution >= 4 is 5.82 Å². The van der Waals surface area contributed by atoms with Gasteiger partial charge in [0, 0.05) is 6.07 Å². The van der Waals surface area contributed by atoms with Crippen molar-refractivity contribution in [3.8, 4) is 5.75 Å². The molecule has 0 saturated carbocycles. The Hall–Kier alpha value is -2.04. The average Bonchev–Trinajstić information content (AvgIpc) is 2.58. The molecule has 0 aliphatic heterocycles. The van der Waals surface area contributed by atoms with Gasteiger partial charge in [-0.25, -0.2) is 9.07 Å². The molecule has 2 rings (SSSR count). The molecule has 0 amide bonds. The molecular formula is C12H14FN3O. The second kappa shape index (κ2) is 4.45. The van der Waals surface area contributed by atoms with Gasteiger partial charge in [-0.3, -0.25) is 0 Å². The van der Waals surface area contributed by atoms with Crippen LogP contribution in [0, 0.1) is 12.7 Å². The van der Waals surface area contributed by atoms with Gasteiger partial charge in [-0.1, -0.05) is 6.07 Å². The van der Waals surface area contributed by atoms with E-state index in [9.17, 15) is 4.39 Å². The molecule has 0 bridgehead atoms. The molecule has 2 N–H and O–H groups in total. The predicted octanol–water partition coefficient (Wildman–Crippen LogP) is 1.97. The van der Waals surface area contributed by atoms with E-state index in [-0.39, 0.29) is 11.6 Å². The van der Waals surface area contributed by atoms with E-state index in [0.717, 1.165) is 11.3 Å². The van der Waals surface area contributed by atoms with Crippen LogP contribution < -0.4 is 10.5 Å². The molecule has 0 radical (unpaired) electrons. The van der Waals surface area contributed by atoms with E-state index in [1.165, 1.54) is 13.2 Å². The number of ether oxygens (including phenoxy) is 1. The summed E-state index contributed by atoms with van der Waals surface area (Å²) in [4.78, 5) is 0. The first-order valence-corrected chi connectivity index (χ1v) is 5.22. The minimum Gasteiger partial charge on any atom is -0.494 e. The fraction of sp³-hybridized carbons (Fsp3) is 0.250. The molecule has 0 aliphatic carbocycles. The Morgan fingerprint density at radius 1 is 1.41 bits per heavy atom. The Kier molecular flexibility index (Phi) is 2.99. The zero-order chi connectivity index (χ0) is 12.4. The van der Waals surface area contributed by atoms with Crippen LogP contribution in [0.15, 0.2) is 24.3 Å². The van der Waals surface area contributed by atoms with E-state index in [1.54, 1.807) is 22.9 Å². The van der Waals surface area contributed by atoms with Gasteiger partial charge < -0.3 is 10.5 Å². The van der Waals surface area contributed by atoms with Crippen LogP contribution in [0.5, 0.6) is 5.75 Å². The lowest BCUT2D eigenvalue weighted by Gasteiger charge is -2.06. The molecule has 1 aromatic carbocycles. The van der Waals surface area contributed by atoms with Crippen molar-refractivity contribution in [2.75, 3.05) is 12.8 Å². The van der Waals surface area contributed by atoms with E-state index in [0.29, 0.717) is 12.4 Å². The van der Waals surface area contributed by atoms with Crippen LogP contribution in [0.1, 0.15) is 11.3 Å². The number of aromatic nitrogens is 2. The summed E-state index contributed by atoms with van der Waals surface area (Å²) in [6.45, 7) is 2.31. The Balaban J connectivity index is 2.24. The molecule has 0 unspecified atom stereocenters. The van der Waals surface area contributed by atoms with Crippen LogP contribution in [0.2, 0.25) is 0 Å². The highest BCUT2D eigenvalue weighted by molar-refractivity contribution is 5.33. The normalized spacial score (nSPS) is 10.5. The van der Waals surface area contributed by atoms with Crippen LogP contribution in [-0.2, 0) is 6.54 Å². The molecule has 0 fully saturated rings. The third kappa shape index (κ3) is 2.38. The number of nitrogens with two attached hydrogens (primary N) is 1. The van der Waals surface area contributed by atoms with Gasteiger partial charge in [-0.05, 0) is 24.6 Å². The number of halogens is 1. The molecule has 0 saturated heterocycles. The molecule has 4 nitrogen and oxygen atoms in total. The molecule has 90 valence electrons. The van der Waals surface area contributed by atoms with Crippen molar-refractivity contribution in [2.45, 2.75) is 13.5 Å². The van der Waals surface area contributed by atoms with Crippen molar-refractivity contribution in [3.63, 3.8) is 0 Å². The van der Waals surface area contributed by atoms with E-state index in [2.05, 4.69) is 5.10 Å². The Morgan fingerprint density at radius 2 is 2.18 bits per heavy atom. The van der Waals surface area contributed by atoms with Crippen LogP contribution in [0.3, 0.4) is 0 Å². The number of hydrogen-bond donors (Lipinski definition) is 1. The molecule has 1 heterocycles. The average molecular weight is 235 g/mol. The van der Waals surface area contributed by atoms with Gasteiger partial charge in [0.2, 0.25) is 0 Å². The standard InChI is InChI=1S/C12H14FN3O/c1-8-5-12(14)16(15-8)7-9-3-4-11(17-2)10(13)6-9/h3-6H,7,14H2,1-2H3. The summed E-state index contributed by atoms with van der Waals surface area (Å²) >= 11 is 0. The molecule has 0 spiro atoms. The lowest BCUT2D eigenvalue weighted by molar-refractivity contribution is 0.386. The summed E-state index contributed by atoms with van der Waals surface area (Å²) in [5, 5.41) is 4.22. The Bertz CT molecular complexity index is 537. The van der Waals surface area contributed by atoms with E-state index < -0.39 is 0 Å². The molecule has 5 heteroatoms. The maximum absolute atomic E-state index is 13.5. The quantitative estimate of drug-likeness (QED) is 0.884. The number of anilines is 1. The van der Waals surface area contributed by atoms with Gasteiger partial charge in [0.1, 0.15) is 5.82 Å². The Morgan fingerprint density at radius 3 is 2.71 bits per heavy atom. The van der Waals surface area contributed by atoms with Crippen molar-refractivity contribution in [1.29, 1.82) is 0 Å². The summed E-state index contributed by atoms with van der Waals surface area (Å²) in [5.41, 5.74) is 7.40. The fourth-order valence-corrected chi connectivity index (χ4v) is 1.67. The molecule has 2 aromatic rings. The second-order valence-corrected chi connectivity index (χ2v) is 3.84. The lowest BCUT2D eigenvalue weighted by atomic mass is 10.2. The van der Waals surface area contributed by atoms with E-state index in [4.69, 9.17) is 10.5 Å². The van der Waals surface area contributed by atoms with Crippen molar-refractivity contribution < 1.29 is 9.13 Å². The zero-order valence-electron chi connectivity index (χ0n) is 9.77. The number of benzene rings is 1. The molecule has 0 atom stereocenters. The van der Waals surface area contributed by atoms with Crippen LogP contribution in [0.25, 0.3) is 0 Å². The first-order chi connectivity index (χ1) is 8.10. The van der Waals surface area contributed by atoms with Crippen LogP contribution in [0.4, 0.5) is 10.2 Å². The van der Waals surface area contributed by atoms with Crippen molar-refractivity contribution in [3.05, 3.63) is 41.3 Å². The molecule has 1 aromatic heterocycles. The number of methoxy groups -OCH3 is 1. The van der Waals surface area contributed by atoms with Gasteiger partial charge in [-0.15, -0.1) is 0 Å². The number of nitrogen functional groups attached to an aromatic ring is 1.